The summed E-state index contributed by atoms with van der Waals surface area (Å²) in [4.78, 5) is 22.2. The van der Waals surface area contributed by atoms with Crippen LogP contribution in [0.5, 0.6) is 0 Å². The first-order valence-electron chi connectivity index (χ1n) is 8.16. The number of allylic oxidation sites excluding steroid dienone is 3. The number of terminal acetylenes is 1. The van der Waals surface area contributed by atoms with Crippen molar-refractivity contribution in [2.45, 2.75) is 25.8 Å². The fourth-order valence-corrected chi connectivity index (χ4v) is 2.55. The summed E-state index contributed by atoms with van der Waals surface area (Å²) < 4.78 is 0. The summed E-state index contributed by atoms with van der Waals surface area (Å²) in [5, 5.41) is 5.78. The van der Waals surface area contributed by atoms with E-state index in [1.54, 1.807) is 24.5 Å². The van der Waals surface area contributed by atoms with Crippen molar-refractivity contribution in [3.05, 3.63) is 48.1 Å². The zero-order chi connectivity index (χ0) is 18.1. The fraction of sp³-hybridized carbons (Fsp3) is 0.316. The van der Waals surface area contributed by atoms with Crippen molar-refractivity contribution in [3.8, 4) is 12.3 Å². The quantitative estimate of drug-likeness (QED) is 0.493. The maximum atomic E-state index is 12.0. The van der Waals surface area contributed by atoms with Crippen molar-refractivity contribution >= 4 is 18.4 Å². The second kappa shape index (κ2) is 9.28. The SMILES string of the molecule is C#C/C(C)=C/C=C(\N=C)N1CCC(NC(=O)Nc2cccnc2)CC1. The van der Waals surface area contributed by atoms with Crippen LogP contribution in [0.25, 0.3) is 0 Å². The average molecular weight is 337 g/mol. The molecule has 2 heterocycles. The molecule has 1 saturated heterocycles. The molecule has 1 aliphatic heterocycles. The largest absolute Gasteiger partial charge is 0.356 e. The van der Waals surface area contributed by atoms with Gasteiger partial charge in [-0.2, -0.15) is 0 Å². The zero-order valence-electron chi connectivity index (χ0n) is 14.4. The summed E-state index contributed by atoms with van der Waals surface area (Å²) in [6.45, 7) is 7.09. The Kier molecular flexibility index (Phi) is 6.78. The van der Waals surface area contributed by atoms with Crippen LogP contribution in [-0.2, 0) is 0 Å². The molecule has 1 aromatic heterocycles. The normalized spacial score (nSPS) is 16.1. The fourth-order valence-electron chi connectivity index (χ4n) is 2.55. The number of urea groups is 1. The van der Waals surface area contributed by atoms with E-state index in [0.29, 0.717) is 5.69 Å². The van der Waals surface area contributed by atoms with Gasteiger partial charge < -0.3 is 15.5 Å². The lowest BCUT2D eigenvalue weighted by Gasteiger charge is -2.33. The maximum absolute atomic E-state index is 12.0. The summed E-state index contributed by atoms with van der Waals surface area (Å²) in [5.41, 5.74) is 1.51. The number of piperidine rings is 1. The van der Waals surface area contributed by atoms with Gasteiger partial charge in [0.05, 0.1) is 11.9 Å². The zero-order valence-corrected chi connectivity index (χ0v) is 14.4. The molecule has 1 aliphatic rings. The van der Waals surface area contributed by atoms with Crippen LogP contribution < -0.4 is 10.6 Å². The molecule has 2 amide bonds. The highest BCUT2D eigenvalue weighted by atomic mass is 16.2. The highest BCUT2D eigenvalue weighted by Gasteiger charge is 2.21. The van der Waals surface area contributed by atoms with Crippen molar-refractivity contribution in [2.75, 3.05) is 18.4 Å². The molecule has 2 rings (SSSR count). The number of likely N-dealkylation sites (tertiary alicyclic amines) is 1. The average Bonchev–Trinajstić information content (AvgIpc) is 2.64. The van der Waals surface area contributed by atoms with Crippen molar-refractivity contribution in [2.24, 2.45) is 4.99 Å². The second-order valence-corrected chi connectivity index (χ2v) is 5.78. The van der Waals surface area contributed by atoms with Gasteiger partial charge in [0, 0.05) is 25.3 Å². The number of aliphatic imine (C=N–C) groups is 1. The van der Waals surface area contributed by atoms with E-state index >= 15 is 0 Å². The number of rotatable bonds is 5. The monoisotopic (exact) mass is 337 g/mol. The molecular formula is C19H23N5O. The Bertz CT molecular complexity index is 694. The Morgan fingerprint density at radius 3 is 2.84 bits per heavy atom. The smallest absolute Gasteiger partial charge is 0.319 e. The molecule has 130 valence electrons. The van der Waals surface area contributed by atoms with Crippen molar-refractivity contribution in [1.82, 2.24) is 15.2 Å². The number of pyridine rings is 1. The Morgan fingerprint density at radius 2 is 2.24 bits per heavy atom. The topological polar surface area (TPSA) is 69.6 Å². The molecule has 2 N–H and O–H groups in total. The predicted octanol–water partition coefficient (Wildman–Crippen LogP) is 2.79. The molecule has 0 saturated carbocycles. The first-order chi connectivity index (χ1) is 12.1. The van der Waals surface area contributed by atoms with E-state index in [9.17, 15) is 4.79 Å². The van der Waals surface area contributed by atoms with E-state index in [2.05, 4.69) is 38.1 Å². The van der Waals surface area contributed by atoms with Crippen LogP contribution in [0, 0.1) is 12.3 Å². The number of carbonyl (C=O) groups is 1. The van der Waals surface area contributed by atoms with Gasteiger partial charge in [-0.15, -0.1) is 6.42 Å². The third-order valence-corrected chi connectivity index (χ3v) is 3.95. The van der Waals surface area contributed by atoms with Crippen LogP contribution >= 0.6 is 0 Å². The predicted molar refractivity (Wildman–Crippen MR) is 101 cm³/mol. The molecule has 6 nitrogen and oxygen atoms in total. The van der Waals surface area contributed by atoms with Gasteiger partial charge in [-0.1, -0.05) is 5.92 Å². The van der Waals surface area contributed by atoms with Gasteiger partial charge in [-0.3, -0.25) is 4.98 Å². The number of hydrogen-bond donors (Lipinski definition) is 2. The van der Waals surface area contributed by atoms with E-state index in [4.69, 9.17) is 6.42 Å². The van der Waals surface area contributed by atoms with E-state index < -0.39 is 0 Å². The summed E-state index contributed by atoms with van der Waals surface area (Å²) in [5.74, 6) is 3.37. The van der Waals surface area contributed by atoms with Crippen LogP contribution in [-0.4, -0.2) is 41.8 Å². The number of hydrogen-bond acceptors (Lipinski definition) is 4. The molecular weight excluding hydrogens is 314 g/mol. The van der Waals surface area contributed by atoms with Gasteiger partial charge in [-0.05, 0) is 56.3 Å². The molecule has 0 spiro atoms. The van der Waals surface area contributed by atoms with E-state index in [1.165, 1.54) is 0 Å². The summed E-state index contributed by atoms with van der Waals surface area (Å²) in [7, 11) is 0. The van der Waals surface area contributed by atoms with Crippen LogP contribution in [0.2, 0.25) is 0 Å². The Labute approximate surface area is 148 Å². The molecule has 6 heteroatoms. The van der Waals surface area contributed by atoms with Crippen molar-refractivity contribution < 1.29 is 4.79 Å². The molecule has 0 radical (unpaired) electrons. The molecule has 0 atom stereocenters. The molecule has 1 aromatic rings. The number of aromatic nitrogens is 1. The minimum Gasteiger partial charge on any atom is -0.356 e. The lowest BCUT2D eigenvalue weighted by Crippen LogP contribution is -2.45. The number of nitrogens with zero attached hydrogens (tertiary/aromatic N) is 3. The number of anilines is 1. The van der Waals surface area contributed by atoms with Gasteiger partial charge in [0.15, 0.2) is 0 Å². The van der Waals surface area contributed by atoms with E-state index in [1.807, 2.05) is 19.1 Å². The van der Waals surface area contributed by atoms with Crippen LogP contribution in [0.15, 0.2) is 53.1 Å². The first kappa shape index (κ1) is 18.3. The molecule has 0 aliphatic carbocycles. The van der Waals surface area contributed by atoms with Crippen LogP contribution in [0.4, 0.5) is 10.5 Å². The summed E-state index contributed by atoms with van der Waals surface area (Å²) >= 11 is 0. The number of carbonyl (C=O) groups excluding carboxylic acids is 1. The highest BCUT2D eigenvalue weighted by Crippen LogP contribution is 2.17. The third kappa shape index (κ3) is 5.81. The van der Waals surface area contributed by atoms with Crippen LogP contribution in [0.3, 0.4) is 0 Å². The summed E-state index contributed by atoms with van der Waals surface area (Å²) in [6, 6.07) is 3.49. The number of amides is 2. The van der Waals surface area contributed by atoms with Crippen molar-refractivity contribution in [3.63, 3.8) is 0 Å². The van der Waals surface area contributed by atoms with E-state index in [-0.39, 0.29) is 12.1 Å². The number of nitrogens with one attached hydrogen (secondary N) is 2. The van der Waals surface area contributed by atoms with Gasteiger partial charge in [-0.25, -0.2) is 9.79 Å². The van der Waals surface area contributed by atoms with Gasteiger partial charge >= 0.3 is 6.03 Å². The summed E-state index contributed by atoms with van der Waals surface area (Å²) in [6.07, 6.45) is 14.0. The van der Waals surface area contributed by atoms with Crippen molar-refractivity contribution in [1.29, 1.82) is 0 Å². The van der Waals surface area contributed by atoms with E-state index in [0.717, 1.165) is 37.3 Å². The maximum Gasteiger partial charge on any atom is 0.319 e. The Hall–Kier alpha value is -3.07. The van der Waals surface area contributed by atoms with Gasteiger partial charge in [0.2, 0.25) is 0 Å². The molecule has 0 unspecified atom stereocenters. The third-order valence-electron chi connectivity index (χ3n) is 3.95. The lowest BCUT2D eigenvalue weighted by molar-refractivity contribution is 0.224. The molecule has 1 fully saturated rings. The van der Waals surface area contributed by atoms with Crippen LogP contribution in [0.1, 0.15) is 19.8 Å². The van der Waals surface area contributed by atoms with Gasteiger partial charge in [0.1, 0.15) is 5.82 Å². The lowest BCUT2D eigenvalue weighted by atomic mass is 10.1. The van der Waals surface area contributed by atoms with Gasteiger partial charge in [0.25, 0.3) is 0 Å². The standard InChI is InChI=1S/C19H23N5O/c1-4-15(2)7-8-18(20-3)24-12-9-16(10-13-24)22-19(25)23-17-6-5-11-21-14-17/h1,5-8,11,14,16H,3,9-10,12-13H2,2H3,(H2,22,23,25)/b15-7+,18-8+. The molecule has 0 bridgehead atoms. The first-order valence-corrected chi connectivity index (χ1v) is 8.16. The Morgan fingerprint density at radius 1 is 1.48 bits per heavy atom. The second-order valence-electron chi connectivity index (χ2n) is 5.78. The minimum absolute atomic E-state index is 0.127. The minimum atomic E-state index is -0.211. The highest BCUT2D eigenvalue weighted by molar-refractivity contribution is 5.89. The molecule has 0 aromatic carbocycles. The Balaban J connectivity index is 1.83. The molecule has 25 heavy (non-hydrogen) atoms.